The molecule has 0 bridgehead atoms. The molecular formula is C13H18BrClN2O. The lowest BCUT2D eigenvalue weighted by Crippen LogP contribution is -2.31. The number of amides is 1. The fraction of sp³-hybridized carbons (Fsp3) is 0.462. The van der Waals surface area contributed by atoms with E-state index >= 15 is 0 Å². The van der Waals surface area contributed by atoms with Gasteiger partial charge in [0.05, 0.1) is 0 Å². The van der Waals surface area contributed by atoms with E-state index in [0.29, 0.717) is 18.0 Å². The SMILES string of the molecule is Cc1cc(Br)c(NCCC(=O)NC(C)C)cc1Cl. The zero-order chi connectivity index (χ0) is 13.7. The number of nitrogens with one attached hydrogen (secondary N) is 2. The van der Waals surface area contributed by atoms with Gasteiger partial charge in [-0.3, -0.25) is 4.79 Å². The van der Waals surface area contributed by atoms with Crippen molar-refractivity contribution in [3.63, 3.8) is 0 Å². The molecule has 0 saturated heterocycles. The molecule has 1 amide bonds. The van der Waals surface area contributed by atoms with Crippen LogP contribution in [0.2, 0.25) is 5.02 Å². The topological polar surface area (TPSA) is 41.1 Å². The van der Waals surface area contributed by atoms with Gasteiger partial charge in [-0.15, -0.1) is 0 Å². The minimum atomic E-state index is 0.0480. The van der Waals surface area contributed by atoms with Crippen molar-refractivity contribution in [3.05, 3.63) is 27.2 Å². The Hall–Kier alpha value is -0.740. The Bertz CT molecular complexity index is 435. The average Bonchev–Trinajstić information content (AvgIpc) is 2.24. The summed E-state index contributed by atoms with van der Waals surface area (Å²) in [7, 11) is 0. The lowest BCUT2D eigenvalue weighted by atomic mass is 10.2. The number of carbonyl (C=O) groups is 1. The highest BCUT2D eigenvalue weighted by Crippen LogP contribution is 2.28. The lowest BCUT2D eigenvalue weighted by Gasteiger charge is -2.11. The standard InChI is InChI=1S/C13H18BrClN2O/c1-8(2)17-13(18)4-5-16-12-7-11(15)9(3)6-10(12)14/h6-8,16H,4-5H2,1-3H3,(H,17,18). The molecule has 0 radical (unpaired) electrons. The van der Waals surface area contributed by atoms with Crippen molar-refractivity contribution >= 4 is 39.1 Å². The largest absolute Gasteiger partial charge is 0.384 e. The molecule has 3 nitrogen and oxygen atoms in total. The number of anilines is 1. The number of rotatable bonds is 5. The summed E-state index contributed by atoms with van der Waals surface area (Å²) in [6, 6.07) is 4.00. The molecule has 0 heterocycles. The first-order valence-electron chi connectivity index (χ1n) is 5.89. The molecule has 1 aromatic carbocycles. The van der Waals surface area contributed by atoms with Gasteiger partial charge in [-0.1, -0.05) is 11.6 Å². The Morgan fingerprint density at radius 1 is 1.44 bits per heavy atom. The maximum absolute atomic E-state index is 11.5. The molecule has 0 aliphatic heterocycles. The molecule has 100 valence electrons. The summed E-state index contributed by atoms with van der Waals surface area (Å²) in [4.78, 5) is 11.5. The smallest absolute Gasteiger partial charge is 0.221 e. The highest BCUT2D eigenvalue weighted by molar-refractivity contribution is 9.10. The molecule has 0 aromatic heterocycles. The summed E-state index contributed by atoms with van der Waals surface area (Å²) in [5.41, 5.74) is 1.93. The summed E-state index contributed by atoms with van der Waals surface area (Å²) in [6.45, 7) is 6.42. The van der Waals surface area contributed by atoms with Crippen molar-refractivity contribution in [3.8, 4) is 0 Å². The number of aryl methyl sites for hydroxylation is 1. The number of hydrogen-bond donors (Lipinski definition) is 2. The van der Waals surface area contributed by atoms with E-state index in [1.54, 1.807) is 0 Å². The van der Waals surface area contributed by atoms with Gasteiger partial charge >= 0.3 is 0 Å². The van der Waals surface area contributed by atoms with Gasteiger partial charge in [0.2, 0.25) is 5.91 Å². The van der Waals surface area contributed by atoms with E-state index in [-0.39, 0.29) is 11.9 Å². The quantitative estimate of drug-likeness (QED) is 0.862. The van der Waals surface area contributed by atoms with Gasteiger partial charge in [0.15, 0.2) is 0 Å². The van der Waals surface area contributed by atoms with Crippen molar-refractivity contribution in [2.45, 2.75) is 33.2 Å². The predicted molar refractivity (Wildman–Crippen MR) is 80.3 cm³/mol. The van der Waals surface area contributed by atoms with Crippen molar-refractivity contribution in [2.24, 2.45) is 0 Å². The van der Waals surface area contributed by atoms with Gasteiger partial charge in [-0.2, -0.15) is 0 Å². The molecule has 0 fully saturated rings. The van der Waals surface area contributed by atoms with Gasteiger partial charge in [-0.05, 0) is 54.4 Å². The highest BCUT2D eigenvalue weighted by atomic mass is 79.9. The summed E-state index contributed by atoms with van der Waals surface area (Å²) in [5, 5.41) is 6.76. The van der Waals surface area contributed by atoms with E-state index in [2.05, 4.69) is 26.6 Å². The van der Waals surface area contributed by atoms with Crippen molar-refractivity contribution in [1.29, 1.82) is 0 Å². The summed E-state index contributed by atoms with van der Waals surface area (Å²) in [5.74, 6) is 0.0480. The Morgan fingerprint density at radius 3 is 2.72 bits per heavy atom. The second-order valence-electron chi connectivity index (χ2n) is 4.48. The van der Waals surface area contributed by atoms with Crippen LogP contribution < -0.4 is 10.6 Å². The van der Waals surface area contributed by atoms with E-state index in [1.165, 1.54) is 0 Å². The molecule has 18 heavy (non-hydrogen) atoms. The Morgan fingerprint density at radius 2 is 2.11 bits per heavy atom. The average molecular weight is 334 g/mol. The van der Waals surface area contributed by atoms with Gasteiger partial charge < -0.3 is 10.6 Å². The fourth-order valence-corrected chi connectivity index (χ4v) is 2.25. The van der Waals surface area contributed by atoms with Gasteiger partial charge in [0.25, 0.3) is 0 Å². The molecule has 5 heteroatoms. The Balaban J connectivity index is 2.49. The van der Waals surface area contributed by atoms with E-state index in [4.69, 9.17) is 11.6 Å². The Kier molecular flexibility index (Phi) is 5.96. The van der Waals surface area contributed by atoms with E-state index in [1.807, 2.05) is 32.9 Å². The van der Waals surface area contributed by atoms with Gasteiger partial charge in [0, 0.05) is 34.2 Å². The first-order valence-corrected chi connectivity index (χ1v) is 7.06. The van der Waals surface area contributed by atoms with Crippen LogP contribution in [0.25, 0.3) is 0 Å². The van der Waals surface area contributed by atoms with Crippen LogP contribution >= 0.6 is 27.5 Å². The molecule has 0 saturated carbocycles. The van der Waals surface area contributed by atoms with E-state index in [0.717, 1.165) is 15.7 Å². The number of hydrogen-bond acceptors (Lipinski definition) is 2. The molecule has 2 N–H and O–H groups in total. The molecule has 1 aromatic rings. The summed E-state index contributed by atoms with van der Waals surface area (Å²) < 4.78 is 0.952. The van der Waals surface area contributed by atoms with E-state index in [9.17, 15) is 4.79 Å². The van der Waals surface area contributed by atoms with Crippen LogP contribution in [0.5, 0.6) is 0 Å². The van der Waals surface area contributed by atoms with E-state index < -0.39 is 0 Å². The van der Waals surface area contributed by atoms with Crippen molar-refractivity contribution in [1.82, 2.24) is 5.32 Å². The minimum absolute atomic E-state index is 0.0480. The molecule has 0 aliphatic carbocycles. The maximum atomic E-state index is 11.5. The van der Waals surface area contributed by atoms with Crippen molar-refractivity contribution in [2.75, 3.05) is 11.9 Å². The third-order valence-corrected chi connectivity index (χ3v) is 3.43. The zero-order valence-corrected chi connectivity index (χ0v) is 13.2. The first-order chi connectivity index (χ1) is 8.40. The second-order valence-corrected chi connectivity index (χ2v) is 5.74. The van der Waals surface area contributed by atoms with Crippen LogP contribution in [0.15, 0.2) is 16.6 Å². The number of benzene rings is 1. The van der Waals surface area contributed by atoms with Crippen LogP contribution in [-0.2, 0) is 4.79 Å². The van der Waals surface area contributed by atoms with Crippen molar-refractivity contribution < 1.29 is 4.79 Å². The molecule has 0 spiro atoms. The molecule has 0 aliphatic rings. The lowest BCUT2D eigenvalue weighted by molar-refractivity contribution is -0.121. The van der Waals surface area contributed by atoms with Crippen LogP contribution in [-0.4, -0.2) is 18.5 Å². The molecule has 0 atom stereocenters. The molecule has 1 rings (SSSR count). The second kappa shape index (κ2) is 7.00. The molecule has 0 unspecified atom stereocenters. The third-order valence-electron chi connectivity index (χ3n) is 2.37. The van der Waals surface area contributed by atoms with Crippen LogP contribution in [0.3, 0.4) is 0 Å². The fourth-order valence-electron chi connectivity index (χ4n) is 1.49. The first kappa shape index (κ1) is 15.3. The monoisotopic (exact) mass is 332 g/mol. The normalized spacial score (nSPS) is 10.6. The summed E-state index contributed by atoms with van der Waals surface area (Å²) >= 11 is 9.52. The van der Waals surface area contributed by atoms with Crippen LogP contribution in [0, 0.1) is 6.92 Å². The van der Waals surface area contributed by atoms with Gasteiger partial charge in [0.1, 0.15) is 0 Å². The third kappa shape index (κ3) is 4.86. The minimum Gasteiger partial charge on any atom is -0.384 e. The van der Waals surface area contributed by atoms with Crippen LogP contribution in [0.1, 0.15) is 25.8 Å². The number of carbonyl (C=O) groups excluding carboxylic acids is 1. The zero-order valence-electron chi connectivity index (χ0n) is 10.8. The predicted octanol–water partition coefficient (Wildman–Crippen LogP) is 3.74. The van der Waals surface area contributed by atoms with Gasteiger partial charge in [-0.25, -0.2) is 0 Å². The van der Waals surface area contributed by atoms with Crippen LogP contribution in [0.4, 0.5) is 5.69 Å². The molecular weight excluding hydrogens is 316 g/mol. The summed E-state index contributed by atoms with van der Waals surface area (Å²) in [6.07, 6.45) is 0.441. The Labute approximate surface area is 121 Å². The number of halogens is 2. The highest BCUT2D eigenvalue weighted by Gasteiger charge is 2.06. The maximum Gasteiger partial charge on any atom is 0.221 e.